The van der Waals surface area contributed by atoms with Crippen molar-refractivity contribution in [1.29, 1.82) is 0 Å². The Balaban J connectivity index is 1.59. The van der Waals surface area contributed by atoms with Gasteiger partial charge in [0.05, 0.1) is 0 Å². The molecule has 0 bridgehead atoms. The van der Waals surface area contributed by atoms with Gasteiger partial charge in [-0.05, 0) is 48.8 Å². The predicted octanol–water partition coefficient (Wildman–Crippen LogP) is 4.02. The highest BCUT2D eigenvalue weighted by atomic mass is 16.2. The monoisotopic (exact) mass is 334 g/mol. The number of rotatable bonds is 4. The van der Waals surface area contributed by atoms with E-state index in [1.165, 1.54) is 17.5 Å². The van der Waals surface area contributed by atoms with Crippen LogP contribution < -0.4 is 5.32 Å². The minimum Gasteiger partial charge on any atom is -0.341 e. The number of fused-ring (bicyclic) bond motifs is 1. The topological polar surface area (TPSA) is 32.3 Å². The summed E-state index contributed by atoms with van der Waals surface area (Å²) in [5.41, 5.74) is 3.84. The average molecular weight is 334 g/mol. The maximum Gasteiger partial charge on any atom is 0.244 e. The zero-order valence-corrected chi connectivity index (χ0v) is 14.7. The molecule has 1 aliphatic carbocycles. The van der Waals surface area contributed by atoms with Crippen molar-refractivity contribution < 1.29 is 4.79 Å². The normalized spacial score (nSPS) is 21.0. The first-order valence-electron chi connectivity index (χ1n) is 9.50. The summed E-state index contributed by atoms with van der Waals surface area (Å²) in [4.78, 5) is 15.3. The van der Waals surface area contributed by atoms with E-state index in [-0.39, 0.29) is 18.0 Å². The Labute approximate surface area is 150 Å². The molecule has 4 rings (SSSR count). The zero-order valence-electron chi connectivity index (χ0n) is 14.7. The van der Waals surface area contributed by atoms with Gasteiger partial charge in [-0.2, -0.15) is 0 Å². The number of hydrogen-bond donors (Lipinski definition) is 1. The smallest absolute Gasteiger partial charge is 0.244 e. The van der Waals surface area contributed by atoms with Crippen molar-refractivity contribution in [2.45, 2.75) is 44.2 Å². The zero-order chi connectivity index (χ0) is 17.1. The third-order valence-corrected chi connectivity index (χ3v) is 5.55. The van der Waals surface area contributed by atoms with Gasteiger partial charge in [0.15, 0.2) is 0 Å². The molecular formula is C22H26N2O. The minimum absolute atomic E-state index is 0.232. The van der Waals surface area contributed by atoms with Crippen LogP contribution in [0.4, 0.5) is 0 Å². The molecule has 1 heterocycles. The number of carbonyl (C=O) groups is 1. The molecular weight excluding hydrogens is 308 g/mol. The van der Waals surface area contributed by atoms with E-state index in [0.29, 0.717) is 0 Å². The summed E-state index contributed by atoms with van der Waals surface area (Å²) in [5, 5.41) is 3.69. The third kappa shape index (κ3) is 3.47. The van der Waals surface area contributed by atoms with E-state index in [1.54, 1.807) is 0 Å². The maximum absolute atomic E-state index is 13.3. The lowest BCUT2D eigenvalue weighted by atomic mass is 10.0. The average Bonchev–Trinajstić information content (AvgIpc) is 3.10. The summed E-state index contributed by atoms with van der Waals surface area (Å²) in [6.07, 6.45) is 5.64. The van der Waals surface area contributed by atoms with E-state index in [9.17, 15) is 4.79 Å². The molecule has 25 heavy (non-hydrogen) atoms. The Bertz CT molecular complexity index is 722. The molecule has 1 N–H and O–H groups in total. The molecule has 130 valence electrons. The van der Waals surface area contributed by atoms with Crippen LogP contribution in [-0.2, 0) is 11.2 Å². The first kappa shape index (κ1) is 16.3. The second-order valence-electron chi connectivity index (χ2n) is 7.19. The van der Waals surface area contributed by atoms with Crippen molar-refractivity contribution in [3.63, 3.8) is 0 Å². The SMILES string of the molecule is O=C([C@H](N[C@H]1CCc2ccccc21)c1ccccc1)N1CCCCC1. The second-order valence-corrected chi connectivity index (χ2v) is 7.19. The Morgan fingerprint density at radius 1 is 0.960 bits per heavy atom. The van der Waals surface area contributed by atoms with Gasteiger partial charge in [-0.3, -0.25) is 10.1 Å². The molecule has 3 nitrogen and oxygen atoms in total. The summed E-state index contributed by atoms with van der Waals surface area (Å²) < 4.78 is 0. The van der Waals surface area contributed by atoms with Crippen molar-refractivity contribution in [2.75, 3.05) is 13.1 Å². The highest BCUT2D eigenvalue weighted by molar-refractivity contribution is 5.83. The number of nitrogens with one attached hydrogen (secondary N) is 1. The Hall–Kier alpha value is -2.13. The van der Waals surface area contributed by atoms with Gasteiger partial charge in [-0.25, -0.2) is 0 Å². The Morgan fingerprint density at radius 2 is 1.68 bits per heavy atom. The van der Waals surface area contributed by atoms with Crippen molar-refractivity contribution in [3.05, 3.63) is 71.3 Å². The molecule has 2 aromatic carbocycles. The molecule has 3 heteroatoms. The first-order chi connectivity index (χ1) is 12.3. The summed E-state index contributed by atoms with van der Waals surface area (Å²) in [6, 6.07) is 18.8. The van der Waals surface area contributed by atoms with E-state index in [2.05, 4.69) is 46.6 Å². The van der Waals surface area contributed by atoms with Crippen LogP contribution in [-0.4, -0.2) is 23.9 Å². The number of carbonyl (C=O) groups excluding carboxylic acids is 1. The van der Waals surface area contributed by atoms with Crippen LogP contribution in [0.2, 0.25) is 0 Å². The van der Waals surface area contributed by atoms with Crippen LogP contribution in [0.25, 0.3) is 0 Å². The lowest BCUT2D eigenvalue weighted by Gasteiger charge is -2.32. The maximum atomic E-state index is 13.3. The fourth-order valence-corrected chi connectivity index (χ4v) is 4.18. The molecule has 0 unspecified atom stereocenters. The van der Waals surface area contributed by atoms with E-state index >= 15 is 0 Å². The van der Waals surface area contributed by atoms with Crippen molar-refractivity contribution in [1.82, 2.24) is 10.2 Å². The highest BCUT2D eigenvalue weighted by Gasteiger charge is 2.31. The van der Waals surface area contributed by atoms with Gasteiger partial charge < -0.3 is 4.90 Å². The summed E-state index contributed by atoms with van der Waals surface area (Å²) in [7, 11) is 0. The van der Waals surface area contributed by atoms with E-state index in [0.717, 1.165) is 44.3 Å². The molecule has 2 atom stereocenters. The molecule has 0 aromatic heterocycles. The molecule has 0 radical (unpaired) electrons. The van der Waals surface area contributed by atoms with Crippen molar-refractivity contribution in [3.8, 4) is 0 Å². The number of nitrogens with zero attached hydrogens (tertiary/aromatic N) is 1. The van der Waals surface area contributed by atoms with E-state index < -0.39 is 0 Å². The standard InChI is InChI=1S/C22H26N2O/c25-22(24-15-7-2-8-16-24)21(18-10-3-1-4-11-18)23-20-14-13-17-9-5-6-12-19(17)20/h1,3-6,9-12,20-21,23H,2,7-8,13-16H2/t20-,21+/m0/s1. The summed E-state index contributed by atoms with van der Waals surface area (Å²) in [5.74, 6) is 0.232. The molecule has 1 aliphatic heterocycles. The van der Waals surface area contributed by atoms with Crippen LogP contribution in [0.15, 0.2) is 54.6 Å². The lowest BCUT2D eigenvalue weighted by Crippen LogP contribution is -2.44. The van der Waals surface area contributed by atoms with Gasteiger partial charge in [0.25, 0.3) is 0 Å². The number of hydrogen-bond acceptors (Lipinski definition) is 2. The predicted molar refractivity (Wildman–Crippen MR) is 100 cm³/mol. The molecule has 1 saturated heterocycles. The van der Waals surface area contributed by atoms with Crippen LogP contribution in [0.5, 0.6) is 0 Å². The molecule has 1 amide bonds. The van der Waals surface area contributed by atoms with Gasteiger partial charge in [-0.15, -0.1) is 0 Å². The fraction of sp³-hybridized carbons (Fsp3) is 0.409. The third-order valence-electron chi connectivity index (χ3n) is 5.55. The largest absolute Gasteiger partial charge is 0.341 e. The van der Waals surface area contributed by atoms with Crippen molar-refractivity contribution >= 4 is 5.91 Å². The van der Waals surface area contributed by atoms with E-state index in [4.69, 9.17) is 0 Å². The molecule has 2 aliphatic rings. The number of aryl methyl sites for hydroxylation is 1. The Kier molecular flexibility index (Phi) is 4.84. The van der Waals surface area contributed by atoms with Gasteiger partial charge in [0.1, 0.15) is 6.04 Å². The summed E-state index contributed by atoms with van der Waals surface area (Å²) >= 11 is 0. The van der Waals surface area contributed by atoms with Gasteiger partial charge in [0.2, 0.25) is 5.91 Å². The minimum atomic E-state index is -0.254. The van der Waals surface area contributed by atoms with Crippen LogP contribution in [0, 0.1) is 0 Å². The lowest BCUT2D eigenvalue weighted by molar-refractivity contribution is -0.134. The summed E-state index contributed by atoms with van der Waals surface area (Å²) in [6.45, 7) is 1.79. The number of amides is 1. The number of benzene rings is 2. The quantitative estimate of drug-likeness (QED) is 0.916. The van der Waals surface area contributed by atoms with Crippen LogP contribution in [0.3, 0.4) is 0 Å². The second kappa shape index (κ2) is 7.40. The van der Waals surface area contributed by atoms with Gasteiger partial charge >= 0.3 is 0 Å². The molecule has 0 saturated carbocycles. The number of likely N-dealkylation sites (tertiary alicyclic amines) is 1. The van der Waals surface area contributed by atoms with Crippen LogP contribution >= 0.6 is 0 Å². The van der Waals surface area contributed by atoms with E-state index in [1.807, 2.05) is 18.2 Å². The molecule has 1 fully saturated rings. The Morgan fingerprint density at radius 3 is 2.48 bits per heavy atom. The van der Waals surface area contributed by atoms with Gasteiger partial charge in [-0.1, -0.05) is 54.6 Å². The molecule has 0 spiro atoms. The number of piperidine rings is 1. The van der Waals surface area contributed by atoms with Crippen LogP contribution in [0.1, 0.15) is 54.5 Å². The fourth-order valence-electron chi connectivity index (χ4n) is 4.18. The molecule has 2 aromatic rings. The van der Waals surface area contributed by atoms with Gasteiger partial charge in [0, 0.05) is 19.1 Å². The highest BCUT2D eigenvalue weighted by Crippen LogP contribution is 2.33. The van der Waals surface area contributed by atoms with Crippen molar-refractivity contribution in [2.24, 2.45) is 0 Å². The first-order valence-corrected chi connectivity index (χ1v) is 9.50.